The number of para-hydroxylation sites is 3. The lowest BCUT2D eigenvalue weighted by Crippen LogP contribution is -2.02. The van der Waals surface area contributed by atoms with Crippen LogP contribution in [0.4, 0.5) is 0 Å². The average molecular weight is 636 g/mol. The summed E-state index contributed by atoms with van der Waals surface area (Å²) < 4.78 is 4.39. The molecule has 0 bridgehead atoms. The van der Waals surface area contributed by atoms with Gasteiger partial charge < -0.3 is 9.13 Å². The van der Waals surface area contributed by atoms with Gasteiger partial charge in [0.2, 0.25) is 0 Å². The van der Waals surface area contributed by atoms with E-state index in [0.29, 0.717) is 16.7 Å². The molecule has 9 rings (SSSR count). The molecule has 0 aliphatic rings. The van der Waals surface area contributed by atoms with E-state index in [9.17, 15) is 15.8 Å². The van der Waals surface area contributed by atoms with Crippen LogP contribution in [-0.4, -0.2) is 9.13 Å². The maximum Gasteiger partial charge on any atom is 0.101 e. The summed E-state index contributed by atoms with van der Waals surface area (Å²) in [4.78, 5) is 0. The van der Waals surface area contributed by atoms with Crippen LogP contribution < -0.4 is 0 Å². The van der Waals surface area contributed by atoms with Gasteiger partial charge in [-0.25, -0.2) is 0 Å². The smallest absolute Gasteiger partial charge is 0.101 e. The molecule has 5 nitrogen and oxygen atoms in total. The van der Waals surface area contributed by atoms with Crippen molar-refractivity contribution in [1.82, 2.24) is 9.13 Å². The van der Waals surface area contributed by atoms with Crippen molar-refractivity contribution < 1.29 is 0 Å². The highest BCUT2D eigenvalue weighted by atomic mass is 15.0. The van der Waals surface area contributed by atoms with Gasteiger partial charge in [-0.3, -0.25) is 0 Å². The summed E-state index contributed by atoms with van der Waals surface area (Å²) in [7, 11) is 0. The minimum atomic E-state index is 0.502. The van der Waals surface area contributed by atoms with E-state index in [-0.39, 0.29) is 0 Å². The Labute approximate surface area is 287 Å². The lowest BCUT2D eigenvalue weighted by molar-refractivity contribution is 1.17. The van der Waals surface area contributed by atoms with E-state index in [4.69, 9.17) is 0 Å². The molecule has 0 spiro atoms. The Morgan fingerprint density at radius 2 is 0.980 bits per heavy atom. The van der Waals surface area contributed by atoms with Gasteiger partial charge in [0, 0.05) is 32.8 Å². The minimum Gasteiger partial charge on any atom is -0.309 e. The first-order chi connectivity index (χ1) is 24.7. The standard InChI is InChI=1S/C45H25N5/c46-26-29-20-22-43-40(23-29)38-21-19-30(27-47)24-44(38)50(43)45-32(28-48)10-8-16-39(45)35-13-2-1-12-34(35)31-9-7-11-33(25-31)49-41-17-5-3-14-36(41)37-15-4-6-18-42(37)49/h1-25H. The number of nitrogens with zero attached hydrogens (tertiary/aromatic N) is 5. The van der Waals surface area contributed by atoms with Crippen molar-refractivity contribution in [3.8, 4) is 51.8 Å². The highest BCUT2D eigenvalue weighted by molar-refractivity contribution is 6.11. The first-order valence-corrected chi connectivity index (χ1v) is 16.3. The third-order valence-corrected chi connectivity index (χ3v) is 9.62. The quantitative estimate of drug-likeness (QED) is 0.193. The lowest BCUT2D eigenvalue weighted by atomic mass is 9.92. The van der Waals surface area contributed by atoms with Crippen molar-refractivity contribution in [2.75, 3.05) is 0 Å². The number of hydrogen-bond acceptors (Lipinski definition) is 3. The van der Waals surface area contributed by atoms with Crippen molar-refractivity contribution in [1.29, 1.82) is 15.8 Å². The molecule has 0 unspecified atom stereocenters. The molecule has 50 heavy (non-hydrogen) atoms. The predicted octanol–water partition coefficient (Wildman–Crippen LogP) is 10.8. The molecule has 0 aliphatic heterocycles. The van der Waals surface area contributed by atoms with Crippen molar-refractivity contribution >= 4 is 43.6 Å². The van der Waals surface area contributed by atoms with Gasteiger partial charge >= 0.3 is 0 Å². The second-order valence-corrected chi connectivity index (χ2v) is 12.3. The van der Waals surface area contributed by atoms with E-state index in [1.165, 1.54) is 10.8 Å². The van der Waals surface area contributed by atoms with Crippen LogP contribution in [0, 0.1) is 34.0 Å². The molecule has 9 aromatic rings. The summed E-state index contributed by atoms with van der Waals surface area (Å²) in [6.45, 7) is 0. The van der Waals surface area contributed by atoms with E-state index in [0.717, 1.165) is 66.5 Å². The molecule has 7 aromatic carbocycles. The zero-order valence-corrected chi connectivity index (χ0v) is 26.7. The van der Waals surface area contributed by atoms with Gasteiger partial charge in [0.1, 0.15) is 6.07 Å². The summed E-state index contributed by atoms with van der Waals surface area (Å²) >= 11 is 0. The predicted molar refractivity (Wildman–Crippen MR) is 200 cm³/mol. The van der Waals surface area contributed by atoms with Crippen LogP contribution in [0.5, 0.6) is 0 Å². The van der Waals surface area contributed by atoms with Crippen LogP contribution >= 0.6 is 0 Å². The van der Waals surface area contributed by atoms with Gasteiger partial charge in [0.05, 0.1) is 56.6 Å². The third-order valence-electron chi connectivity index (χ3n) is 9.62. The summed E-state index contributed by atoms with van der Waals surface area (Å²) in [6.07, 6.45) is 0. The Hall–Kier alpha value is -7.39. The van der Waals surface area contributed by atoms with Crippen molar-refractivity contribution in [3.05, 3.63) is 168 Å². The van der Waals surface area contributed by atoms with Crippen LogP contribution in [0.15, 0.2) is 152 Å². The van der Waals surface area contributed by atoms with E-state index < -0.39 is 0 Å². The van der Waals surface area contributed by atoms with E-state index in [1.54, 1.807) is 12.1 Å². The van der Waals surface area contributed by atoms with Gasteiger partial charge in [-0.2, -0.15) is 15.8 Å². The second-order valence-electron chi connectivity index (χ2n) is 12.3. The summed E-state index contributed by atoms with van der Waals surface area (Å²) in [5.74, 6) is 0. The number of fused-ring (bicyclic) bond motifs is 6. The topological polar surface area (TPSA) is 81.2 Å². The van der Waals surface area contributed by atoms with Crippen LogP contribution in [0.3, 0.4) is 0 Å². The van der Waals surface area contributed by atoms with Crippen LogP contribution in [0.25, 0.3) is 77.2 Å². The normalized spacial score (nSPS) is 11.1. The fourth-order valence-corrected chi connectivity index (χ4v) is 7.48. The second kappa shape index (κ2) is 11.4. The molecular formula is C45H25N5. The first kappa shape index (κ1) is 28.8. The van der Waals surface area contributed by atoms with Crippen LogP contribution in [0.1, 0.15) is 16.7 Å². The van der Waals surface area contributed by atoms with Gasteiger partial charge in [-0.15, -0.1) is 0 Å². The van der Waals surface area contributed by atoms with E-state index in [1.807, 2.05) is 48.5 Å². The fraction of sp³-hybridized carbons (Fsp3) is 0. The molecule has 5 heteroatoms. The molecule has 0 aliphatic carbocycles. The molecule has 2 heterocycles. The molecule has 0 saturated carbocycles. The van der Waals surface area contributed by atoms with Gasteiger partial charge in [0.15, 0.2) is 0 Å². The maximum atomic E-state index is 10.6. The molecule has 0 radical (unpaired) electrons. The zero-order valence-electron chi connectivity index (χ0n) is 26.7. The van der Waals surface area contributed by atoms with Crippen LogP contribution in [0.2, 0.25) is 0 Å². The minimum absolute atomic E-state index is 0.502. The molecular weight excluding hydrogens is 611 g/mol. The number of benzene rings is 7. The summed E-state index contributed by atoms with van der Waals surface area (Å²) in [5, 5.41) is 34.4. The highest BCUT2D eigenvalue weighted by Crippen LogP contribution is 2.42. The largest absolute Gasteiger partial charge is 0.309 e. The first-order valence-electron chi connectivity index (χ1n) is 16.3. The average Bonchev–Trinajstić information content (AvgIpc) is 3.69. The van der Waals surface area contributed by atoms with Gasteiger partial charge in [-0.1, -0.05) is 91.0 Å². The molecule has 0 N–H and O–H groups in total. The Morgan fingerprint density at radius 1 is 0.380 bits per heavy atom. The molecule has 2 aromatic heterocycles. The van der Waals surface area contributed by atoms with Gasteiger partial charge in [-0.05, 0) is 77.4 Å². The molecule has 0 atom stereocenters. The number of rotatable bonds is 4. The van der Waals surface area contributed by atoms with Crippen LogP contribution in [-0.2, 0) is 0 Å². The number of hydrogen-bond donors (Lipinski definition) is 0. The van der Waals surface area contributed by atoms with Crippen molar-refractivity contribution in [3.63, 3.8) is 0 Å². The van der Waals surface area contributed by atoms with E-state index in [2.05, 4.69) is 118 Å². The van der Waals surface area contributed by atoms with Crippen molar-refractivity contribution in [2.24, 2.45) is 0 Å². The summed E-state index contributed by atoms with van der Waals surface area (Å²) in [5.41, 5.74) is 11.2. The molecule has 230 valence electrons. The lowest BCUT2D eigenvalue weighted by Gasteiger charge is -2.19. The van der Waals surface area contributed by atoms with Crippen molar-refractivity contribution in [2.45, 2.75) is 0 Å². The SMILES string of the molecule is N#Cc1ccc2c(c1)c1ccc(C#N)cc1n2-c1c(C#N)cccc1-c1ccccc1-c1cccc(-n2c3ccccc3c3ccccc32)c1. The molecule has 0 amide bonds. The fourth-order valence-electron chi connectivity index (χ4n) is 7.48. The number of nitriles is 3. The Balaban J connectivity index is 1.31. The zero-order chi connectivity index (χ0) is 33.8. The Bertz CT molecular complexity index is 2920. The molecule has 0 fully saturated rings. The Morgan fingerprint density at radius 3 is 1.72 bits per heavy atom. The highest BCUT2D eigenvalue weighted by Gasteiger charge is 2.21. The molecule has 0 saturated heterocycles. The Kier molecular flexibility index (Phi) is 6.56. The summed E-state index contributed by atoms with van der Waals surface area (Å²) in [6, 6.07) is 57.9. The monoisotopic (exact) mass is 635 g/mol. The third kappa shape index (κ3) is 4.31. The number of aromatic nitrogens is 2. The van der Waals surface area contributed by atoms with E-state index >= 15 is 0 Å². The van der Waals surface area contributed by atoms with Gasteiger partial charge in [0.25, 0.3) is 0 Å². The maximum absolute atomic E-state index is 10.6.